The second-order valence-electron chi connectivity index (χ2n) is 3.40. The molecule has 1 amide bonds. The molecule has 3 N–H and O–H groups in total. The van der Waals surface area contributed by atoms with Gasteiger partial charge in [0.05, 0.1) is 6.61 Å². The van der Waals surface area contributed by atoms with Gasteiger partial charge in [-0.05, 0) is 12.1 Å². The minimum atomic E-state index is -0.512. The fourth-order valence-corrected chi connectivity index (χ4v) is 1.46. The van der Waals surface area contributed by atoms with Crippen molar-refractivity contribution in [3.63, 3.8) is 0 Å². The lowest BCUT2D eigenvalue weighted by Crippen LogP contribution is -2.24. The number of primary amides is 1. The van der Waals surface area contributed by atoms with E-state index in [9.17, 15) is 9.18 Å². The summed E-state index contributed by atoms with van der Waals surface area (Å²) in [7, 11) is 0. The van der Waals surface area contributed by atoms with Crippen molar-refractivity contribution in [2.24, 2.45) is 5.73 Å². The quantitative estimate of drug-likeness (QED) is 0.721. The number of nitrogens with one attached hydrogen (secondary N) is 1. The van der Waals surface area contributed by atoms with Crippen molar-refractivity contribution in [3.05, 3.63) is 34.6 Å². The molecule has 0 atom stereocenters. The first-order chi connectivity index (χ1) is 8.11. The topological polar surface area (TPSA) is 64.4 Å². The van der Waals surface area contributed by atoms with Crippen LogP contribution < -0.4 is 11.1 Å². The molecule has 0 aromatic heterocycles. The van der Waals surface area contributed by atoms with Gasteiger partial charge < -0.3 is 15.8 Å². The second-order valence-corrected chi connectivity index (χ2v) is 3.80. The summed E-state index contributed by atoms with van der Waals surface area (Å²) >= 11 is 5.84. The fourth-order valence-electron chi connectivity index (χ4n) is 1.23. The van der Waals surface area contributed by atoms with Crippen LogP contribution >= 0.6 is 11.6 Å². The monoisotopic (exact) mass is 260 g/mol. The molecule has 1 rings (SSSR count). The Morgan fingerprint density at radius 1 is 1.53 bits per heavy atom. The molecule has 0 aliphatic rings. The van der Waals surface area contributed by atoms with E-state index in [1.165, 1.54) is 6.07 Å². The molecule has 0 fully saturated rings. The fraction of sp³-hybridized carbons (Fsp3) is 0.364. The standard InChI is InChI=1S/C11H14ClFN2O2/c12-9-2-1-3-10(13)8(9)6-15-4-5-17-7-11(14)16/h1-3,15H,4-7H2,(H2,14,16). The summed E-state index contributed by atoms with van der Waals surface area (Å²) in [6.45, 7) is 1.01. The predicted octanol–water partition coefficient (Wildman–Crippen LogP) is 1.07. The van der Waals surface area contributed by atoms with Crippen LogP contribution in [0.15, 0.2) is 18.2 Å². The number of amides is 1. The first kappa shape index (κ1) is 13.9. The van der Waals surface area contributed by atoms with Gasteiger partial charge in [-0.3, -0.25) is 4.79 Å². The third kappa shape index (κ3) is 5.12. The van der Waals surface area contributed by atoms with Crippen LogP contribution in [0.25, 0.3) is 0 Å². The first-order valence-electron chi connectivity index (χ1n) is 5.11. The number of hydrogen-bond acceptors (Lipinski definition) is 3. The van der Waals surface area contributed by atoms with Crippen LogP contribution in [-0.2, 0) is 16.1 Å². The maximum atomic E-state index is 13.3. The normalized spacial score (nSPS) is 10.5. The molecule has 17 heavy (non-hydrogen) atoms. The molecule has 6 heteroatoms. The maximum Gasteiger partial charge on any atom is 0.243 e. The van der Waals surface area contributed by atoms with Gasteiger partial charge in [-0.25, -0.2) is 4.39 Å². The number of benzene rings is 1. The molecule has 0 saturated heterocycles. The molecule has 0 unspecified atom stereocenters. The van der Waals surface area contributed by atoms with Gasteiger partial charge in [0, 0.05) is 23.7 Å². The van der Waals surface area contributed by atoms with E-state index < -0.39 is 5.91 Å². The first-order valence-corrected chi connectivity index (χ1v) is 5.48. The number of carbonyl (C=O) groups is 1. The molecule has 94 valence electrons. The average molecular weight is 261 g/mol. The zero-order valence-corrected chi connectivity index (χ0v) is 9.97. The van der Waals surface area contributed by atoms with E-state index in [0.29, 0.717) is 30.3 Å². The summed E-state index contributed by atoms with van der Waals surface area (Å²) in [6.07, 6.45) is 0. The summed E-state index contributed by atoms with van der Waals surface area (Å²) in [5, 5.41) is 3.34. The van der Waals surface area contributed by atoms with Crippen LogP contribution in [0, 0.1) is 5.82 Å². The van der Waals surface area contributed by atoms with Crippen LogP contribution in [0.1, 0.15) is 5.56 Å². The number of ether oxygens (including phenoxy) is 1. The van der Waals surface area contributed by atoms with E-state index in [0.717, 1.165) is 0 Å². The Morgan fingerprint density at radius 3 is 2.94 bits per heavy atom. The number of rotatable bonds is 7. The third-order valence-electron chi connectivity index (χ3n) is 2.03. The molecule has 0 spiro atoms. The average Bonchev–Trinajstić information content (AvgIpc) is 2.26. The molecule has 0 aliphatic heterocycles. The smallest absolute Gasteiger partial charge is 0.243 e. The lowest BCUT2D eigenvalue weighted by molar-refractivity contribution is -0.122. The lowest BCUT2D eigenvalue weighted by atomic mass is 10.2. The van der Waals surface area contributed by atoms with Gasteiger partial charge in [-0.1, -0.05) is 17.7 Å². The van der Waals surface area contributed by atoms with Crippen molar-refractivity contribution < 1.29 is 13.9 Å². The van der Waals surface area contributed by atoms with Crippen molar-refractivity contribution in [2.45, 2.75) is 6.54 Å². The molecular weight excluding hydrogens is 247 g/mol. The van der Waals surface area contributed by atoms with Crippen molar-refractivity contribution in [2.75, 3.05) is 19.8 Å². The number of carbonyl (C=O) groups excluding carboxylic acids is 1. The van der Waals surface area contributed by atoms with Gasteiger partial charge in [0.2, 0.25) is 5.91 Å². The molecule has 1 aromatic rings. The Hall–Kier alpha value is -1.17. The minimum absolute atomic E-state index is 0.109. The molecule has 0 bridgehead atoms. The van der Waals surface area contributed by atoms with Crippen LogP contribution in [0.2, 0.25) is 5.02 Å². The van der Waals surface area contributed by atoms with Crippen molar-refractivity contribution >= 4 is 17.5 Å². The van der Waals surface area contributed by atoms with E-state index in [1.807, 2.05) is 0 Å². The van der Waals surface area contributed by atoms with Crippen LogP contribution in [0.3, 0.4) is 0 Å². The molecule has 1 aromatic carbocycles. The van der Waals surface area contributed by atoms with Gasteiger partial charge >= 0.3 is 0 Å². The van der Waals surface area contributed by atoms with E-state index in [-0.39, 0.29) is 12.4 Å². The van der Waals surface area contributed by atoms with Crippen LogP contribution in [-0.4, -0.2) is 25.7 Å². The highest BCUT2D eigenvalue weighted by Crippen LogP contribution is 2.18. The van der Waals surface area contributed by atoms with Gasteiger partial charge in [0.15, 0.2) is 0 Å². The van der Waals surface area contributed by atoms with Gasteiger partial charge in [0.25, 0.3) is 0 Å². The van der Waals surface area contributed by atoms with E-state index in [1.54, 1.807) is 12.1 Å². The molecule has 4 nitrogen and oxygen atoms in total. The summed E-state index contributed by atoms with van der Waals surface area (Å²) in [6, 6.07) is 4.54. The van der Waals surface area contributed by atoms with E-state index >= 15 is 0 Å². The summed E-state index contributed by atoms with van der Waals surface area (Å²) in [5.74, 6) is -0.856. The van der Waals surface area contributed by atoms with E-state index in [2.05, 4.69) is 5.32 Å². The lowest BCUT2D eigenvalue weighted by Gasteiger charge is -2.07. The van der Waals surface area contributed by atoms with Gasteiger partial charge in [0.1, 0.15) is 12.4 Å². The number of halogens is 2. The third-order valence-corrected chi connectivity index (χ3v) is 2.39. The summed E-state index contributed by atoms with van der Waals surface area (Å²) in [4.78, 5) is 10.4. The van der Waals surface area contributed by atoms with Crippen molar-refractivity contribution in [1.29, 1.82) is 0 Å². The zero-order chi connectivity index (χ0) is 12.7. The summed E-state index contributed by atoms with van der Waals surface area (Å²) < 4.78 is 18.2. The van der Waals surface area contributed by atoms with E-state index in [4.69, 9.17) is 22.1 Å². The van der Waals surface area contributed by atoms with Crippen molar-refractivity contribution in [1.82, 2.24) is 5.32 Å². The molecule has 0 saturated carbocycles. The Kier molecular flexibility index (Phi) is 5.90. The Balaban J connectivity index is 2.24. The molecule has 0 heterocycles. The highest BCUT2D eigenvalue weighted by atomic mass is 35.5. The minimum Gasteiger partial charge on any atom is -0.370 e. The second kappa shape index (κ2) is 7.21. The molecule has 0 aliphatic carbocycles. The highest BCUT2D eigenvalue weighted by molar-refractivity contribution is 6.31. The predicted molar refractivity (Wildman–Crippen MR) is 63.1 cm³/mol. The number of nitrogens with two attached hydrogens (primary N) is 1. The Bertz CT molecular complexity index is 367. The molecule has 0 radical (unpaired) electrons. The zero-order valence-electron chi connectivity index (χ0n) is 9.21. The van der Waals surface area contributed by atoms with Gasteiger partial charge in [-0.2, -0.15) is 0 Å². The Morgan fingerprint density at radius 2 is 2.29 bits per heavy atom. The van der Waals surface area contributed by atoms with Crippen LogP contribution in [0.4, 0.5) is 4.39 Å². The largest absolute Gasteiger partial charge is 0.370 e. The Labute approximate surface area is 104 Å². The molecular formula is C11H14ClFN2O2. The van der Waals surface area contributed by atoms with Crippen molar-refractivity contribution in [3.8, 4) is 0 Å². The maximum absolute atomic E-state index is 13.3. The highest BCUT2D eigenvalue weighted by Gasteiger charge is 2.05. The SMILES string of the molecule is NC(=O)COCCNCc1c(F)cccc1Cl. The van der Waals surface area contributed by atoms with Crippen LogP contribution in [0.5, 0.6) is 0 Å². The number of hydrogen-bond donors (Lipinski definition) is 2. The van der Waals surface area contributed by atoms with Gasteiger partial charge in [-0.15, -0.1) is 0 Å². The summed E-state index contributed by atoms with van der Waals surface area (Å²) in [5.41, 5.74) is 5.31.